The number of nitrogens with one attached hydrogen (secondary N) is 1. The van der Waals surface area contributed by atoms with E-state index in [0.717, 1.165) is 44.5 Å². The van der Waals surface area contributed by atoms with Crippen LogP contribution in [0.25, 0.3) is 0 Å². The molecule has 0 bridgehead atoms. The Hall–Kier alpha value is -0.550. The predicted octanol–water partition coefficient (Wildman–Crippen LogP) is 4.15. The lowest BCUT2D eigenvalue weighted by Gasteiger charge is -2.31. The predicted molar refractivity (Wildman–Crippen MR) is 101 cm³/mol. The minimum Gasteiger partial charge on any atom is -0.381 e. The fraction of sp³-hybridized carbons (Fsp3) is 0.700. The lowest BCUT2D eigenvalue weighted by Crippen LogP contribution is -2.39. The van der Waals surface area contributed by atoms with E-state index in [0.29, 0.717) is 12.1 Å². The van der Waals surface area contributed by atoms with Crippen LogP contribution in [0.4, 0.5) is 0 Å². The third-order valence-corrected chi connectivity index (χ3v) is 6.39. The summed E-state index contributed by atoms with van der Waals surface area (Å²) in [6, 6.07) is 9.52. The lowest BCUT2D eigenvalue weighted by molar-refractivity contribution is -0.0390. The van der Waals surface area contributed by atoms with E-state index in [2.05, 4.69) is 35.8 Å². The van der Waals surface area contributed by atoms with E-state index in [1.807, 2.05) is 11.8 Å². The Morgan fingerprint density at radius 3 is 2.75 bits per heavy atom. The average molecular weight is 350 g/mol. The van der Waals surface area contributed by atoms with E-state index < -0.39 is 0 Å². The summed E-state index contributed by atoms with van der Waals surface area (Å²) < 4.78 is 11.4. The van der Waals surface area contributed by atoms with Gasteiger partial charge in [-0.1, -0.05) is 37.1 Å². The fourth-order valence-corrected chi connectivity index (χ4v) is 4.71. The molecule has 3 nitrogen and oxygen atoms in total. The van der Waals surface area contributed by atoms with Gasteiger partial charge in [0.1, 0.15) is 0 Å². The molecule has 1 aromatic carbocycles. The number of benzene rings is 1. The zero-order valence-corrected chi connectivity index (χ0v) is 15.7. The van der Waals surface area contributed by atoms with Crippen LogP contribution in [0.1, 0.15) is 49.7 Å². The maximum atomic E-state index is 6.05. The highest BCUT2D eigenvalue weighted by molar-refractivity contribution is 7.99. The standard InChI is InChI=1S/C20H31NO2S/c1-24-20-8-3-2-7-19(20)21-14-16-5-4-6-17(13-16)15-23-18-9-11-22-12-10-18/h4-6,13,18-21H,2-3,7-12,14-15H2,1H3/t19-,20+/m1/s1. The molecule has 1 aromatic rings. The van der Waals surface area contributed by atoms with Crippen molar-refractivity contribution in [2.45, 2.75) is 69.1 Å². The van der Waals surface area contributed by atoms with E-state index in [9.17, 15) is 0 Å². The zero-order valence-electron chi connectivity index (χ0n) is 14.8. The molecule has 1 aliphatic carbocycles. The Morgan fingerprint density at radius 1 is 1.12 bits per heavy atom. The van der Waals surface area contributed by atoms with E-state index in [-0.39, 0.29) is 0 Å². The Labute approximate surface area is 150 Å². The van der Waals surface area contributed by atoms with Crippen LogP contribution < -0.4 is 5.32 Å². The SMILES string of the molecule is CS[C@H]1CCCC[C@H]1NCc1cccc(COC2CCOCC2)c1. The van der Waals surface area contributed by atoms with Gasteiger partial charge in [0.2, 0.25) is 0 Å². The van der Waals surface area contributed by atoms with Gasteiger partial charge in [-0.05, 0) is 43.1 Å². The fourth-order valence-electron chi connectivity index (χ4n) is 3.75. The number of hydrogen-bond acceptors (Lipinski definition) is 4. The van der Waals surface area contributed by atoms with Gasteiger partial charge in [0.05, 0.1) is 12.7 Å². The van der Waals surface area contributed by atoms with E-state index in [4.69, 9.17) is 9.47 Å². The Balaban J connectivity index is 1.47. The third-order valence-electron chi connectivity index (χ3n) is 5.22. The monoisotopic (exact) mass is 349 g/mol. The van der Waals surface area contributed by atoms with Crippen molar-refractivity contribution in [3.63, 3.8) is 0 Å². The van der Waals surface area contributed by atoms with Crippen molar-refractivity contribution in [3.05, 3.63) is 35.4 Å². The largest absolute Gasteiger partial charge is 0.381 e. The van der Waals surface area contributed by atoms with Crippen LogP contribution in [-0.2, 0) is 22.6 Å². The molecule has 0 aromatic heterocycles. The van der Waals surface area contributed by atoms with Crippen molar-refractivity contribution in [1.29, 1.82) is 0 Å². The lowest BCUT2D eigenvalue weighted by atomic mass is 9.94. The molecule has 3 rings (SSSR count). The van der Waals surface area contributed by atoms with Gasteiger partial charge in [-0.2, -0.15) is 11.8 Å². The van der Waals surface area contributed by atoms with Crippen LogP contribution in [0, 0.1) is 0 Å². The molecule has 1 aliphatic heterocycles. The molecule has 2 atom stereocenters. The molecule has 134 valence electrons. The number of hydrogen-bond donors (Lipinski definition) is 1. The minimum atomic E-state index is 0.366. The Bertz CT molecular complexity index is 490. The highest BCUT2D eigenvalue weighted by atomic mass is 32.2. The summed E-state index contributed by atoms with van der Waals surface area (Å²) >= 11 is 2.02. The summed E-state index contributed by atoms with van der Waals surface area (Å²) in [6.45, 7) is 3.36. The number of ether oxygens (including phenoxy) is 2. The van der Waals surface area contributed by atoms with Gasteiger partial charge in [-0.15, -0.1) is 0 Å². The van der Waals surface area contributed by atoms with Crippen molar-refractivity contribution >= 4 is 11.8 Å². The van der Waals surface area contributed by atoms with Gasteiger partial charge >= 0.3 is 0 Å². The molecule has 1 saturated heterocycles. The molecule has 4 heteroatoms. The molecule has 0 radical (unpaired) electrons. The van der Waals surface area contributed by atoms with Gasteiger partial charge in [-0.25, -0.2) is 0 Å². The smallest absolute Gasteiger partial charge is 0.0720 e. The van der Waals surface area contributed by atoms with Gasteiger partial charge < -0.3 is 14.8 Å². The quantitative estimate of drug-likeness (QED) is 0.801. The molecule has 1 saturated carbocycles. The summed E-state index contributed by atoms with van der Waals surface area (Å²) in [5.74, 6) is 0. The van der Waals surface area contributed by atoms with Gasteiger partial charge in [-0.3, -0.25) is 0 Å². The van der Waals surface area contributed by atoms with Crippen LogP contribution in [0.15, 0.2) is 24.3 Å². The molecular formula is C20H31NO2S. The van der Waals surface area contributed by atoms with Crippen LogP contribution in [0.2, 0.25) is 0 Å². The molecule has 0 unspecified atom stereocenters. The molecular weight excluding hydrogens is 318 g/mol. The minimum absolute atomic E-state index is 0.366. The number of thioether (sulfide) groups is 1. The maximum Gasteiger partial charge on any atom is 0.0720 e. The van der Waals surface area contributed by atoms with Crippen molar-refractivity contribution in [2.24, 2.45) is 0 Å². The van der Waals surface area contributed by atoms with Crippen molar-refractivity contribution in [3.8, 4) is 0 Å². The van der Waals surface area contributed by atoms with Crippen LogP contribution >= 0.6 is 11.8 Å². The summed E-state index contributed by atoms with van der Waals surface area (Å²) in [4.78, 5) is 0. The first-order chi connectivity index (χ1) is 11.8. The van der Waals surface area contributed by atoms with E-state index in [1.165, 1.54) is 36.8 Å². The highest BCUT2D eigenvalue weighted by Gasteiger charge is 2.23. The summed E-state index contributed by atoms with van der Waals surface area (Å²) in [5.41, 5.74) is 2.65. The molecule has 2 fully saturated rings. The molecule has 1 N–H and O–H groups in total. The molecule has 1 heterocycles. The summed E-state index contributed by atoms with van der Waals surface area (Å²) in [6.07, 6.45) is 10.1. The molecule has 0 amide bonds. The molecule has 0 spiro atoms. The van der Waals surface area contributed by atoms with Gasteiger partial charge in [0.25, 0.3) is 0 Å². The van der Waals surface area contributed by atoms with Gasteiger partial charge in [0, 0.05) is 31.1 Å². The Kier molecular flexibility index (Phi) is 7.46. The first-order valence-corrected chi connectivity index (χ1v) is 10.7. The first-order valence-electron chi connectivity index (χ1n) is 9.38. The van der Waals surface area contributed by atoms with Crippen LogP contribution in [0.3, 0.4) is 0 Å². The van der Waals surface area contributed by atoms with Crippen molar-refractivity contribution < 1.29 is 9.47 Å². The van der Waals surface area contributed by atoms with E-state index in [1.54, 1.807) is 0 Å². The van der Waals surface area contributed by atoms with Crippen molar-refractivity contribution in [2.75, 3.05) is 19.5 Å². The van der Waals surface area contributed by atoms with Crippen LogP contribution in [0.5, 0.6) is 0 Å². The second-order valence-corrected chi connectivity index (χ2v) is 8.07. The van der Waals surface area contributed by atoms with Gasteiger partial charge in [0.15, 0.2) is 0 Å². The summed E-state index contributed by atoms with van der Waals surface area (Å²) in [7, 11) is 0. The zero-order chi connectivity index (χ0) is 16.6. The second-order valence-electron chi connectivity index (χ2n) is 6.99. The highest BCUT2D eigenvalue weighted by Crippen LogP contribution is 2.27. The summed E-state index contributed by atoms with van der Waals surface area (Å²) in [5, 5.41) is 4.57. The number of rotatable bonds is 7. The van der Waals surface area contributed by atoms with Crippen LogP contribution in [-0.4, -0.2) is 36.9 Å². The van der Waals surface area contributed by atoms with E-state index >= 15 is 0 Å². The molecule has 24 heavy (non-hydrogen) atoms. The first kappa shape index (κ1) is 18.2. The Morgan fingerprint density at radius 2 is 1.92 bits per heavy atom. The topological polar surface area (TPSA) is 30.5 Å². The molecule has 2 aliphatic rings. The maximum absolute atomic E-state index is 6.05. The normalized spacial score (nSPS) is 25.7. The second kappa shape index (κ2) is 9.81. The average Bonchev–Trinajstić information content (AvgIpc) is 2.66. The third kappa shape index (κ3) is 5.48. The van der Waals surface area contributed by atoms with Crippen molar-refractivity contribution in [1.82, 2.24) is 5.32 Å².